The zero-order valence-electron chi connectivity index (χ0n) is 7.83. The number of nitrogens with zero attached hydrogens (tertiary/aromatic N) is 3. The third kappa shape index (κ3) is 1.83. The molecule has 0 N–H and O–H groups in total. The van der Waals surface area contributed by atoms with Crippen LogP contribution in [-0.4, -0.2) is 0 Å². The van der Waals surface area contributed by atoms with Gasteiger partial charge in [-0.2, -0.15) is 0 Å². The van der Waals surface area contributed by atoms with Crippen molar-refractivity contribution in [3.05, 3.63) is 45.8 Å². The molecule has 0 spiro atoms. The molecule has 5 heteroatoms. The zero-order valence-corrected chi connectivity index (χ0v) is 7.83. The van der Waals surface area contributed by atoms with E-state index in [0.717, 1.165) is 6.07 Å². The van der Waals surface area contributed by atoms with Gasteiger partial charge in [-0.05, 0) is 11.6 Å². The summed E-state index contributed by atoms with van der Waals surface area (Å²) in [6, 6.07) is 3.79. The van der Waals surface area contributed by atoms with E-state index in [9.17, 15) is 8.78 Å². The number of hydrogen-bond donors (Lipinski definition) is 0. The van der Waals surface area contributed by atoms with E-state index in [1.54, 1.807) is 0 Å². The molecule has 14 heavy (non-hydrogen) atoms. The molecular weight excluding hydrogens is 188 g/mol. The quantitative estimate of drug-likeness (QED) is 0.395. The van der Waals surface area contributed by atoms with Crippen molar-refractivity contribution >= 4 is 0 Å². The van der Waals surface area contributed by atoms with Crippen LogP contribution in [-0.2, 0) is 5.54 Å². The standard InChI is InChI=1S/C9H9F2N3/c1-9(2,13-14-12)6-4-3-5-7(10)8(6)11/h3-5H,1-2H3. The molecule has 1 aromatic rings. The maximum atomic E-state index is 13.3. The van der Waals surface area contributed by atoms with Crippen molar-refractivity contribution in [2.75, 3.05) is 0 Å². The summed E-state index contributed by atoms with van der Waals surface area (Å²) >= 11 is 0. The van der Waals surface area contributed by atoms with Crippen LogP contribution >= 0.6 is 0 Å². The van der Waals surface area contributed by atoms with E-state index in [-0.39, 0.29) is 5.56 Å². The minimum absolute atomic E-state index is 0.0512. The van der Waals surface area contributed by atoms with Crippen LogP contribution in [0.3, 0.4) is 0 Å². The highest BCUT2D eigenvalue weighted by atomic mass is 19.2. The molecule has 0 radical (unpaired) electrons. The number of hydrogen-bond acceptors (Lipinski definition) is 1. The first-order chi connectivity index (χ1) is 6.49. The highest BCUT2D eigenvalue weighted by molar-refractivity contribution is 5.25. The van der Waals surface area contributed by atoms with E-state index < -0.39 is 17.2 Å². The van der Waals surface area contributed by atoms with Gasteiger partial charge in [0.2, 0.25) is 0 Å². The Kier molecular flexibility index (Phi) is 2.72. The maximum absolute atomic E-state index is 13.3. The van der Waals surface area contributed by atoms with E-state index in [0.29, 0.717) is 0 Å². The highest BCUT2D eigenvalue weighted by Gasteiger charge is 2.24. The molecule has 0 aliphatic carbocycles. The van der Waals surface area contributed by atoms with Gasteiger partial charge in [0.15, 0.2) is 11.6 Å². The Morgan fingerprint density at radius 1 is 1.36 bits per heavy atom. The third-order valence-electron chi connectivity index (χ3n) is 1.91. The predicted octanol–water partition coefficient (Wildman–Crippen LogP) is 3.51. The van der Waals surface area contributed by atoms with Crippen LogP contribution in [0.15, 0.2) is 23.3 Å². The zero-order chi connectivity index (χ0) is 10.8. The maximum Gasteiger partial charge on any atom is 0.162 e. The molecule has 0 saturated heterocycles. The molecule has 0 saturated carbocycles. The summed E-state index contributed by atoms with van der Waals surface area (Å²) in [5.74, 6) is -1.91. The molecule has 0 fully saturated rings. The Bertz CT molecular complexity index is 395. The van der Waals surface area contributed by atoms with E-state index in [1.165, 1.54) is 26.0 Å². The first kappa shape index (κ1) is 10.5. The second-order valence-electron chi connectivity index (χ2n) is 3.35. The predicted molar refractivity (Wildman–Crippen MR) is 48.5 cm³/mol. The molecule has 0 unspecified atom stereocenters. The van der Waals surface area contributed by atoms with Gasteiger partial charge in [0.05, 0.1) is 5.54 Å². The molecular formula is C9H9F2N3. The molecule has 0 amide bonds. The highest BCUT2D eigenvalue weighted by Crippen LogP contribution is 2.28. The molecule has 74 valence electrons. The topological polar surface area (TPSA) is 48.8 Å². The van der Waals surface area contributed by atoms with E-state index in [2.05, 4.69) is 10.0 Å². The van der Waals surface area contributed by atoms with Crippen molar-refractivity contribution < 1.29 is 8.78 Å². The number of halogens is 2. The largest absolute Gasteiger partial charge is 0.204 e. The van der Waals surface area contributed by atoms with E-state index in [1.807, 2.05) is 0 Å². The van der Waals surface area contributed by atoms with Crippen LogP contribution in [0, 0.1) is 11.6 Å². The molecule has 0 heterocycles. The molecule has 1 rings (SSSR count). The van der Waals surface area contributed by atoms with Gasteiger partial charge >= 0.3 is 0 Å². The molecule has 0 bridgehead atoms. The monoisotopic (exact) mass is 197 g/mol. The first-order valence-corrected chi connectivity index (χ1v) is 4.00. The summed E-state index contributed by atoms with van der Waals surface area (Å²) in [5, 5.41) is 3.40. The smallest absolute Gasteiger partial charge is 0.162 e. The fourth-order valence-electron chi connectivity index (χ4n) is 1.14. The third-order valence-corrected chi connectivity index (χ3v) is 1.91. The lowest BCUT2D eigenvalue weighted by molar-refractivity contribution is 0.454. The summed E-state index contributed by atoms with van der Waals surface area (Å²) in [7, 11) is 0. The minimum atomic E-state index is -1.08. The normalized spacial score (nSPS) is 10.9. The second kappa shape index (κ2) is 3.64. The van der Waals surface area contributed by atoms with Crippen LogP contribution < -0.4 is 0 Å². The van der Waals surface area contributed by atoms with Gasteiger partial charge in [-0.25, -0.2) is 8.78 Å². The van der Waals surface area contributed by atoms with Gasteiger partial charge < -0.3 is 0 Å². The van der Waals surface area contributed by atoms with Crippen molar-refractivity contribution in [1.29, 1.82) is 0 Å². The lowest BCUT2D eigenvalue weighted by Gasteiger charge is -2.18. The molecule has 0 aliphatic rings. The molecule has 0 aromatic heterocycles. The van der Waals surface area contributed by atoms with Crippen LogP contribution in [0.4, 0.5) is 8.78 Å². The lowest BCUT2D eigenvalue weighted by Crippen LogP contribution is -2.15. The lowest BCUT2D eigenvalue weighted by atomic mass is 9.95. The van der Waals surface area contributed by atoms with Crippen molar-refractivity contribution in [3.8, 4) is 0 Å². The van der Waals surface area contributed by atoms with Crippen LogP contribution in [0.1, 0.15) is 19.4 Å². The SMILES string of the molecule is CC(C)(N=[N+]=[N-])c1cccc(F)c1F. The molecule has 0 aliphatic heterocycles. The van der Waals surface area contributed by atoms with Crippen molar-refractivity contribution in [2.45, 2.75) is 19.4 Å². The molecule has 0 atom stereocenters. The van der Waals surface area contributed by atoms with Crippen LogP contribution in [0.2, 0.25) is 0 Å². The van der Waals surface area contributed by atoms with Gasteiger partial charge in [-0.1, -0.05) is 31.1 Å². The fourth-order valence-corrected chi connectivity index (χ4v) is 1.14. The minimum Gasteiger partial charge on any atom is -0.204 e. The number of azide groups is 1. The Morgan fingerprint density at radius 2 is 2.00 bits per heavy atom. The van der Waals surface area contributed by atoms with Gasteiger partial charge in [0.1, 0.15) is 0 Å². The van der Waals surface area contributed by atoms with Gasteiger partial charge in [-0.3, -0.25) is 0 Å². The van der Waals surface area contributed by atoms with E-state index in [4.69, 9.17) is 5.53 Å². The Hall–Kier alpha value is -1.61. The summed E-state index contributed by atoms with van der Waals surface area (Å²) in [6.45, 7) is 3.04. The van der Waals surface area contributed by atoms with Crippen molar-refractivity contribution in [1.82, 2.24) is 0 Å². The van der Waals surface area contributed by atoms with Gasteiger partial charge in [0, 0.05) is 10.5 Å². The second-order valence-corrected chi connectivity index (χ2v) is 3.35. The van der Waals surface area contributed by atoms with Crippen LogP contribution in [0.25, 0.3) is 10.4 Å². The Morgan fingerprint density at radius 3 is 2.57 bits per heavy atom. The summed E-state index contributed by atoms with van der Waals surface area (Å²) < 4.78 is 26.1. The van der Waals surface area contributed by atoms with Gasteiger partial charge in [-0.15, -0.1) is 0 Å². The first-order valence-electron chi connectivity index (χ1n) is 4.00. The van der Waals surface area contributed by atoms with E-state index >= 15 is 0 Å². The summed E-state index contributed by atoms with van der Waals surface area (Å²) in [5.41, 5.74) is 7.23. The number of benzene rings is 1. The van der Waals surface area contributed by atoms with Crippen molar-refractivity contribution in [3.63, 3.8) is 0 Å². The summed E-state index contributed by atoms with van der Waals surface area (Å²) in [4.78, 5) is 2.59. The number of rotatable bonds is 2. The Balaban J connectivity index is 3.32. The molecule has 3 nitrogen and oxygen atoms in total. The Labute approximate surface area is 80.0 Å². The van der Waals surface area contributed by atoms with Gasteiger partial charge in [0.25, 0.3) is 0 Å². The average molecular weight is 197 g/mol. The van der Waals surface area contributed by atoms with Crippen molar-refractivity contribution in [2.24, 2.45) is 5.11 Å². The molecule has 1 aromatic carbocycles. The summed E-state index contributed by atoms with van der Waals surface area (Å²) in [6.07, 6.45) is 0. The average Bonchev–Trinajstić information content (AvgIpc) is 2.09. The fraction of sp³-hybridized carbons (Fsp3) is 0.333. The van der Waals surface area contributed by atoms with Crippen LogP contribution in [0.5, 0.6) is 0 Å².